The zero-order valence-electron chi connectivity index (χ0n) is 13.9. The van der Waals surface area contributed by atoms with E-state index in [9.17, 15) is 4.79 Å². The van der Waals surface area contributed by atoms with E-state index in [0.29, 0.717) is 11.5 Å². The first-order valence-electron chi connectivity index (χ1n) is 7.74. The van der Waals surface area contributed by atoms with Crippen molar-refractivity contribution in [2.75, 3.05) is 27.3 Å². The van der Waals surface area contributed by atoms with Crippen LogP contribution in [0, 0.1) is 5.41 Å². The Morgan fingerprint density at radius 2 is 2.05 bits per heavy atom. The van der Waals surface area contributed by atoms with Gasteiger partial charge in [0.15, 0.2) is 11.5 Å². The Balaban J connectivity index is 2.08. The summed E-state index contributed by atoms with van der Waals surface area (Å²) in [5, 5.41) is 6.43. The van der Waals surface area contributed by atoms with Gasteiger partial charge in [0.05, 0.1) is 25.7 Å². The molecule has 1 aliphatic heterocycles. The maximum Gasteiger partial charge on any atom is 0.227 e. The number of carbonyl (C=O) groups excluding carboxylic acids is 1. The monoisotopic (exact) mass is 306 g/mol. The van der Waals surface area contributed by atoms with Gasteiger partial charge in [0, 0.05) is 6.54 Å². The van der Waals surface area contributed by atoms with Crippen molar-refractivity contribution in [3.8, 4) is 11.5 Å². The molecule has 0 aliphatic carbocycles. The summed E-state index contributed by atoms with van der Waals surface area (Å²) in [5.41, 5.74) is 0.668. The van der Waals surface area contributed by atoms with Gasteiger partial charge in [-0.2, -0.15) is 0 Å². The van der Waals surface area contributed by atoms with Crippen molar-refractivity contribution in [2.45, 2.75) is 32.7 Å². The predicted molar refractivity (Wildman–Crippen MR) is 86.3 cm³/mol. The highest BCUT2D eigenvalue weighted by Crippen LogP contribution is 2.31. The summed E-state index contributed by atoms with van der Waals surface area (Å²) in [5.74, 6) is 1.46. The van der Waals surface area contributed by atoms with Gasteiger partial charge in [-0.25, -0.2) is 0 Å². The number of carbonyl (C=O) groups is 1. The average molecular weight is 306 g/mol. The van der Waals surface area contributed by atoms with Gasteiger partial charge in [-0.05, 0) is 50.9 Å². The molecule has 1 heterocycles. The molecule has 0 aromatic heterocycles. The molecule has 5 nitrogen and oxygen atoms in total. The SMILES string of the molecule is COc1ccc(C(C)NC(=O)C2(C)CCCNC2)cc1OC. The molecule has 1 saturated heterocycles. The fourth-order valence-electron chi connectivity index (χ4n) is 2.83. The molecule has 1 fully saturated rings. The van der Waals surface area contributed by atoms with Gasteiger partial charge in [0.25, 0.3) is 0 Å². The molecule has 5 heteroatoms. The van der Waals surface area contributed by atoms with Crippen molar-refractivity contribution < 1.29 is 14.3 Å². The van der Waals surface area contributed by atoms with Gasteiger partial charge in [0.2, 0.25) is 5.91 Å². The van der Waals surface area contributed by atoms with Crippen LogP contribution in [-0.4, -0.2) is 33.2 Å². The Morgan fingerprint density at radius 3 is 2.64 bits per heavy atom. The smallest absolute Gasteiger partial charge is 0.227 e. The number of amides is 1. The second kappa shape index (κ2) is 7.01. The molecule has 1 amide bonds. The lowest BCUT2D eigenvalue weighted by Crippen LogP contribution is -2.49. The molecule has 0 saturated carbocycles. The highest BCUT2D eigenvalue weighted by atomic mass is 16.5. The number of piperidine rings is 1. The molecule has 2 rings (SSSR count). The Bertz CT molecular complexity index is 525. The van der Waals surface area contributed by atoms with Gasteiger partial charge in [-0.3, -0.25) is 4.79 Å². The normalized spacial score (nSPS) is 22.7. The van der Waals surface area contributed by atoms with Crippen molar-refractivity contribution >= 4 is 5.91 Å². The van der Waals surface area contributed by atoms with Crippen LogP contribution in [0.2, 0.25) is 0 Å². The summed E-state index contributed by atoms with van der Waals surface area (Å²) in [6.07, 6.45) is 1.96. The van der Waals surface area contributed by atoms with Gasteiger partial charge in [-0.1, -0.05) is 6.07 Å². The Labute approximate surface area is 132 Å². The lowest BCUT2D eigenvalue weighted by molar-refractivity contribution is -0.131. The molecule has 1 aromatic carbocycles. The Hall–Kier alpha value is -1.75. The van der Waals surface area contributed by atoms with E-state index in [4.69, 9.17) is 9.47 Å². The molecule has 2 atom stereocenters. The van der Waals surface area contributed by atoms with Crippen LogP contribution in [0.1, 0.15) is 38.3 Å². The summed E-state index contributed by atoms with van der Waals surface area (Å²) in [4.78, 5) is 12.6. The van der Waals surface area contributed by atoms with Crippen LogP contribution in [0.3, 0.4) is 0 Å². The molecule has 2 unspecified atom stereocenters. The third-order valence-electron chi connectivity index (χ3n) is 4.40. The van der Waals surface area contributed by atoms with Crippen molar-refractivity contribution in [2.24, 2.45) is 5.41 Å². The second-order valence-corrected chi connectivity index (χ2v) is 6.15. The van der Waals surface area contributed by atoms with E-state index in [0.717, 1.165) is 31.5 Å². The molecule has 0 spiro atoms. The molecular weight excluding hydrogens is 280 g/mol. The zero-order chi connectivity index (χ0) is 16.2. The quantitative estimate of drug-likeness (QED) is 0.876. The topological polar surface area (TPSA) is 59.6 Å². The van der Waals surface area contributed by atoms with E-state index in [1.165, 1.54) is 0 Å². The average Bonchev–Trinajstić information content (AvgIpc) is 2.54. The van der Waals surface area contributed by atoms with Crippen LogP contribution in [0.25, 0.3) is 0 Å². The number of nitrogens with one attached hydrogen (secondary N) is 2. The van der Waals surface area contributed by atoms with Crippen LogP contribution in [0.4, 0.5) is 0 Å². The van der Waals surface area contributed by atoms with Crippen LogP contribution < -0.4 is 20.1 Å². The molecular formula is C17H26N2O3. The minimum absolute atomic E-state index is 0.0777. The van der Waals surface area contributed by atoms with E-state index in [-0.39, 0.29) is 17.4 Å². The first kappa shape index (κ1) is 16.6. The minimum atomic E-state index is -0.330. The molecule has 122 valence electrons. The van der Waals surface area contributed by atoms with Crippen LogP contribution >= 0.6 is 0 Å². The van der Waals surface area contributed by atoms with Gasteiger partial charge in [-0.15, -0.1) is 0 Å². The summed E-state index contributed by atoms with van der Waals surface area (Å²) in [7, 11) is 3.22. The maximum atomic E-state index is 12.6. The van der Waals surface area contributed by atoms with E-state index in [1.807, 2.05) is 32.0 Å². The summed E-state index contributed by atoms with van der Waals surface area (Å²) < 4.78 is 10.6. The van der Waals surface area contributed by atoms with Crippen molar-refractivity contribution in [3.05, 3.63) is 23.8 Å². The summed E-state index contributed by atoms with van der Waals surface area (Å²) in [6.45, 7) is 5.74. The fourth-order valence-corrected chi connectivity index (χ4v) is 2.83. The third-order valence-corrected chi connectivity index (χ3v) is 4.40. The minimum Gasteiger partial charge on any atom is -0.493 e. The number of ether oxygens (including phenoxy) is 2. The standard InChI is InChI=1S/C17H26N2O3/c1-12(13-6-7-14(21-3)15(10-13)22-4)19-16(20)17(2)8-5-9-18-11-17/h6-7,10,12,18H,5,8-9,11H2,1-4H3,(H,19,20). The number of hydrogen-bond donors (Lipinski definition) is 2. The molecule has 22 heavy (non-hydrogen) atoms. The van der Waals surface area contributed by atoms with E-state index >= 15 is 0 Å². The number of methoxy groups -OCH3 is 2. The first-order chi connectivity index (χ1) is 10.5. The van der Waals surface area contributed by atoms with Crippen LogP contribution in [0.5, 0.6) is 11.5 Å². The van der Waals surface area contributed by atoms with E-state index < -0.39 is 0 Å². The number of rotatable bonds is 5. The molecule has 2 N–H and O–H groups in total. The lowest BCUT2D eigenvalue weighted by Gasteiger charge is -2.33. The number of benzene rings is 1. The second-order valence-electron chi connectivity index (χ2n) is 6.15. The molecule has 0 bridgehead atoms. The maximum absolute atomic E-state index is 12.6. The number of hydrogen-bond acceptors (Lipinski definition) is 4. The lowest BCUT2D eigenvalue weighted by atomic mass is 9.81. The zero-order valence-corrected chi connectivity index (χ0v) is 13.9. The van der Waals surface area contributed by atoms with Crippen LogP contribution in [-0.2, 0) is 4.79 Å². The molecule has 1 aromatic rings. The van der Waals surface area contributed by atoms with Gasteiger partial charge < -0.3 is 20.1 Å². The first-order valence-corrected chi connectivity index (χ1v) is 7.74. The predicted octanol–water partition coefficient (Wildman–Crippen LogP) is 2.27. The largest absolute Gasteiger partial charge is 0.493 e. The van der Waals surface area contributed by atoms with E-state index in [1.54, 1.807) is 14.2 Å². The fraction of sp³-hybridized carbons (Fsp3) is 0.588. The van der Waals surface area contributed by atoms with E-state index in [2.05, 4.69) is 10.6 Å². The van der Waals surface area contributed by atoms with Gasteiger partial charge in [0.1, 0.15) is 0 Å². The molecule has 0 radical (unpaired) electrons. The summed E-state index contributed by atoms with van der Waals surface area (Å²) >= 11 is 0. The van der Waals surface area contributed by atoms with Gasteiger partial charge >= 0.3 is 0 Å². The Kier molecular flexibility index (Phi) is 5.29. The van der Waals surface area contributed by atoms with Crippen LogP contribution in [0.15, 0.2) is 18.2 Å². The molecule has 1 aliphatic rings. The third kappa shape index (κ3) is 3.53. The summed E-state index contributed by atoms with van der Waals surface area (Å²) in [6, 6.07) is 5.64. The van der Waals surface area contributed by atoms with Crippen molar-refractivity contribution in [1.82, 2.24) is 10.6 Å². The highest BCUT2D eigenvalue weighted by Gasteiger charge is 2.35. The van der Waals surface area contributed by atoms with Crippen molar-refractivity contribution in [3.63, 3.8) is 0 Å². The Morgan fingerprint density at radius 1 is 1.32 bits per heavy atom. The highest BCUT2D eigenvalue weighted by molar-refractivity contribution is 5.83. The van der Waals surface area contributed by atoms with Crippen molar-refractivity contribution in [1.29, 1.82) is 0 Å².